The highest BCUT2D eigenvalue weighted by molar-refractivity contribution is 8.00. The SMILES string of the molecule is CC1SCC(N)C(=O)N1C.CC1SCC(N2C(=O)c3ccccc3C2=O)C(=O)N1C.CC=NC.O=C(O)C(CS)N1C(=O)c2ccccc2C1=O. The lowest BCUT2D eigenvalue weighted by molar-refractivity contribution is -0.140. The van der Waals surface area contributed by atoms with Crippen LogP contribution in [-0.4, -0.2) is 140 Å². The first-order valence-electron chi connectivity index (χ1n) is 15.8. The van der Waals surface area contributed by atoms with Crippen LogP contribution in [0.2, 0.25) is 0 Å². The van der Waals surface area contributed by atoms with E-state index in [-0.39, 0.29) is 57.3 Å². The number of fused-ring (bicyclic) bond motifs is 2. The first-order valence-corrected chi connectivity index (χ1v) is 18.5. The molecule has 0 spiro atoms. The van der Waals surface area contributed by atoms with Gasteiger partial charge in [0.25, 0.3) is 23.6 Å². The van der Waals surface area contributed by atoms with Gasteiger partial charge in [-0.2, -0.15) is 12.6 Å². The molecule has 0 radical (unpaired) electrons. The van der Waals surface area contributed by atoms with Gasteiger partial charge in [0.1, 0.15) is 12.1 Å². The Labute approximate surface area is 310 Å². The number of hydrogen-bond acceptors (Lipinski definition) is 12. The molecular weight excluding hydrogens is 717 g/mol. The van der Waals surface area contributed by atoms with Crippen molar-refractivity contribution in [1.82, 2.24) is 19.6 Å². The van der Waals surface area contributed by atoms with Crippen molar-refractivity contribution in [2.45, 2.75) is 49.6 Å². The summed E-state index contributed by atoms with van der Waals surface area (Å²) in [5.74, 6) is -2.15. The van der Waals surface area contributed by atoms with Gasteiger partial charge in [0, 0.05) is 38.4 Å². The number of thiol groups is 1. The van der Waals surface area contributed by atoms with E-state index >= 15 is 0 Å². The smallest absolute Gasteiger partial charge is 0.327 e. The highest BCUT2D eigenvalue weighted by atomic mass is 32.2. The molecule has 0 bridgehead atoms. The zero-order valence-electron chi connectivity index (χ0n) is 29.1. The van der Waals surface area contributed by atoms with Crippen LogP contribution in [0.1, 0.15) is 62.2 Å². The Bertz CT molecular complexity index is 1630. The van der Waals surface area contributed by atoms with Gasteiger partial charge in [0.2, 0.25) is 11.8 Å². The summed E-state index contributed by atoms with van der Waals surface area (Å²) >= 11 is 7.15. The number of rotatable bonds is 4. The molecule has 3 N–H and O–H groups in total. The highest BCUT2D eigenvalue weighted by Crippen LogP contribution is 2.31. The molecular formula is C34H42N6O8S3. The fourth-order valence-corrected chi connectivity index (χ4v) is 7.49. The molecule has 2 aromatic carbocycles. The number of amides is 6. The third-order valence-corrected chi connectivity index (χ3v) is 11.4. The molecule has 2 saturated heterocycles. The van der Waals surface area contributed by atoms with Crippen LogP contribution < -0.4 is 5.73 Å². The minimum atomic E-state index is -1.24. The maximum absolute atomic E-state index is 12.4. The Morgan fingerprint density at radius 1 is 0.843 bits per heavy atom. The van der Waals surface area contributed by atoms with Gasteiger partial charge in [0.05, 0.1) is 39.0 Å². The Morgan fingerprint density at radius 3 is 1.61 bits per heavy atom. The number of benzene rings is 2. The molecule has 17 heteroatoms. The molecule has 274 valence electrons. The molecule has 2 fully saturated rings. The highest BCUT2D eigenvalue weighted by Gasteiger charge is 2.46. The standard InChI is InChI=1S/C14H14N2O3S.C11H9NO4S.C6H12N2OS.C3H7N/c1-8-15(2)14(19)11(7-20-8)16-12(17)9-5-3-4-6-10(9)13(16)18;13-9-6-3-1-2-4-7(6)10(14)12(9)8(5-17)11(15)16;1-4-8(2)6(9)5(7)3-10-4;1-3-4-2/h3-6,8,11H,7H2,1-2H3;1-4,8,17H,5H2,(H,15,16);4-5H,3,7H2,1-2H3;3H,1-2H3. The van der Waals surface area contributed by atoms with Crippen molar-refractivity contribution in [2.75, 3.05) is 38.4 Å². The third kappa shape index (κ3) is 9.01. The first kappa shape index (κ1) is 41.2. The van der Waals surface area contributed by atoms with Crippen LogP contribution >= 0.6 is 36.2 Å². The minimum absolute atomic E-state index is 0.0613. The molecule has 4 heterocycles. The van der Waals surface area contributed by atoms with Gasteiger partial charge in [-0.1, -0.05) is 24.3 Å². The number of hydrogen-bond donors (Lipinski definition) is 3. The van der Waals surface area contributed by atoms with E-state index in [0.717, 1.165) is 15.6 Å². The van der Waals surface area contributed by atoms with E-state index in [4.69, 9.17) is 10.8 Å². The van der Waals surface area contributed by atoms with Crippen LogP contribution in [0.4, 0.5) is 0 Å². The summed E-state index contributed by atoms with van der Waals surface area (Å²) in [4.78, 5) is 91.7. The first-order chi connectivity index (χ1) is 24.1. The summed E-state index contributed by atoms with van der Waals surface area (Å²) in [7, 11) is 5.24. The zero-order valence-corrected chi connectivity index (χ0v) is 31.6. The van der Waals surface area contributed by atoms with Crippen LogP contribution in [0.25, 0.3) is 0 Å². The predicted octanol–water partition coefficient (Wildman–Crippen LogP) is 2.44. The van der Waals surface area contributed by atoms with Crippen molar-refractivity contribution in [3.8, 4) is 0 Å². The molecule has 14 nitrogen and oxygen atoms in total. The fourth-order valence-electron chi connectivity index (χ4n) is 5.13. The van der Waals surface area contributed by atoms with Crippen molar-refractivity contribution >= 4 is 83.8 Å². The van der Waals surface area contributed by atoms with Gasteiger partial charge in [-0.25, -0.2) is 4.79 Å². The summed E-state index contributed by atoms with van der Waals surface area (Å²) in [6.45, 7) is 5.83. The van der Waals surface area contributed by atoms with E-state index in [1.54, 1.807) is 97.1 Å². The molecule has 0 aromatic heterocycles. The van der Waals surface area contributed by atoms with Crippen LogP contribution in [0.5, 0.6) is 0 Å². The van der Waals surface area contributed by atoms with E-state index in [1.807, 2.05) is 20.8 Å². The third-order valence-electron chi connectivity index (χ3n) is 8.39. The molecule has 6 rings (SSSR count). The van der Waals surface area contributed by atoms with E-state index in [0.29, 0.717) is 16.9 Å². The van der Waals surface area contributed by atoms with E-state index in [2.05, 4.69) is 17.6 Å². The van der Waals surface area contributed by atoms with E-state index < -0.39 is 29.9 Å². The van der Waals surface area contributed by atoms with Crippen molar-refractivity contribution in [2.24, 2.45) is 10.7 Å². The van der Waals surface area contributed by atoms with Crippen LogP contribution in [-0.2, 0) is 14.4 Å². The van der Waals surface area contributed by atoms with Crippen molar-refractivity contribution < 1.29 is 38.7 Å². The summed E-state index contributed by atoms with van der Waals surface area (Å²) < 4.78 is 0. The van der Waals surface area contributed by atoms with Crippen molar-refractivity contribution in [1.29, 1.82) is 0 Å². The monoisotopic (exact) mass is 758 g/mol. The molecule has 2 aromatic rings. The maximum Gasteiger partial charge on any atom is 0.327 e. The lowest BCUT2D eigenvalue weighted by atomic mass is 10.1. The summed E-state index contributed by atoms with van der Waals surface area (Å²) in [6.07, 6.45) is 1.75. The molecule has 0 saturated carbocycles. The second-order valence-corrected chi connectivity index (χ2v) is 14.6. The quantitative estimate of drug-likeness (QED) is 0.236. The number of aliphatic carboxylic acids is 1. The van der Waals surface area contributed by atoms with Crippen LogP contribution in [0, 0.1) is 0 Å². The largest absolute Gasteiger partial charge is 0.480 e. The lowest BCUT2D eigenvalue weighted by Gasteiger charge is -2.37. The van der Waals surface area contributed by atoms with Crippen molar-refractivity contribution in [3.05, 3.63) is 70.8 Å². The van der Waals surface area contributed by atoms with Gasteiger partial charge in [-0.15, -0.1) is 23.5 Å². The zero-order chi connectivity index (χ0) is 38.2. The second-order valence-electron chi connectivity index (χ2n) is 11.5. The van der Waals surface area contributed by atoms with E-state index in [1.165, 1.54) is 12.1 Å². The topological polar surface area (TPSA) is 191 Å². The van der Waals surface area contributed by atoms with Crippen LogP contribution in [0.15, 0.2) is 53.5 Å². The van der Waals surface area contributed by atoms with Gasteiger partial charge in [-0.3, -0.25) is 38.6 Å². The number of aliphatic imine (C=N–C) groups is 1. The normalized spacial score (nSPS) is 23.1. The van der Waals surface area contributed by atoms with Gasteiger partial charge in [-0.05, 0) is 51.3 Å². The number of carbonyl (C=O) groups is 7. The Kier molecular flexibility index (Phi) is 14.8. The summed E-state index contributed by atoms with van der Waals surface area (Å²) in [5.41, 5.74) is 6.77. The average Bonchev–Trinajstić information content (AvgIpc) is 3.53. The minimum Gasteiger partial charge on any atom is -0.480 e. The fraction of sp³-hybridized carbons (Fsp3) is 0.412. The number of carboxylic acid groups (broad SMARTS) is 1. The number of carboxylic acids is 1. The predicted molar refractivity (Wildman–Crippen MR) is 200 cm³/mol. The molecule has 6 amide bonds. The van der Waals surface area contributed by atoms with Gasteiger partial charge in [0.15, 0.2) is 0 Å². The summed E-state index contributed by atoms with van der Waals surface area (Å²) in [5, 5.41) is 9.30. The Balaban J connectivity index is 0.000000205. The van der Waals surface area contributed by atoms with Crippen molar-refractivity contribution in [3.63, 3.8) is 0 Å². The Morgan fingerprint density at radius 2 is 1.24 bits per heavy atom. The number of carbonyl (C=O) groups excluding carboxylic acids is 6. The number of imide groups is 2. The van der Waals surface area contributed by atoms with E-state index in [9.17, 15) is 33.6 Å². The van der Waals surface area contributed by atoms with Gasteiger partial charge >= 0.3 is 5.97 Å². The summed E-state index contributed by atoms with van der Waals surface area (Å²) in [6, 6.07) is 10.8. The second kappa shape index (κ2) is 18.3. The maximum atomic E-state index is 12.4. The number of thioether (sulfide) groups is 2. The van der Waals surface area contributed by atoms with Gasteiger partial charge < -0.3 is 25.6 Å². The molecule has 5 atom stereocenters. The lowest BCUT2D eigenvalue weighted by Crippen LogP contribution is -2.56. The number of nitrogens with zero attached hydrogens (tertiary/aromatic N) is 5. The Hall–Kier alpha value is -4.19. The molecule has 4 aliphatic heterocycles. The molecule has 0 aliphatic carbocycles. The molecule has 5 unspecified atom stereocenters. The molecule has 51 heavy (non-hydrogen) atoms. The number of nitrogens with two attached hydrogens (primary N) is 1. The average molecular weight is 759 g/mol. The molecule has 4 aliphatic rings. The number of likely N-dealkylation sites (N-methyl/N-ethyl adjacent to an activating group) is 2. The van der Waals surface area contributed by atoms with Crippen LogP contribution in [0.3, 0.4) is 0 Å².